The van der Waals surface area contributed by atoms with Gasteiger partial charge in [0.15, 0.2) is 5.82 Å². The first-order chi connectivity index (χ1) is 9.61. The van der Waals surface area contributed by atoms with Crippen LogP contribution in [0.2, 0.25) is 0 Å². The van der Waals surface area contributed by atoms with Gasteiger partial charge in [-0.15, -0.1) is 0 Å². The first kappa shape index (κ1) is 14.5. The number of aromatic nitrogens is 2. The highest BCUT2D eigenvalue weighted by Gasteiger charge is 2.09. The van der Waals surface area contributed by atoms with Gasteiger partial charge >= 0.3 is 0 Å². The number of aryl methyl sites for hydroxylation is 2. The second-order valence-electron chi connectivity index (χ2n) is 4.95. The van der Waals surface area contributed by atoms with Crippen molar-refractivity contribution in [2.75, 3.05) is 13.6 Å². The summed E-state index contributed by atoms with van der Waals surface area (Å²) in [5.74, 6) is 0.975. The summed E-state index contributed by atoms with van der Waals surface area (Å²) in [6.45, 7) is 5.07. The molecule has 0 fully saturated rings. The fourth-order valence-corrected chi connectivity index (χ4v) is 2.28. The van der Waals surface area contributed by atoms with Crippen molar-refractivity contribution >= 4 is 0 Å². The first-order valence-corrected chi connectivity index (χ1v) is 6.90. The number of phenolic OH excluding ortho intramolecular Hbond substituents is 1. The standard InChI is InChI=1S/C16H21N3O/c1-11-15(5-4-10-17-3)12(2)19-16(18-11)13-6-8-14(20)9-7-13/h6-9,17,20H,4-5,10H2,1-3H3. The van der Waals surface area contributed by atoms with Crippen molar-refractivity contribution < 1.29 is 5.11 Å². The van der Waals surface area contributed by atoms with Crippen LogP contribution >= 0.6 is 0 Å². The normalized spacial score (nSPS) is 10.8. The van der Waals surface area contributed by atoms with E-state index in [0.717, 1.165) is 42.2 Å². The van der Waals surface area contributed by atoms with Gasteiger partial charge < -0.3 is 10.4 Å². The molecule has 0 spiro atoms. The zero-order chi connectivity index (χ0) is 14.5. The molecule has 0 radical (unpaired) electrons. The molecule has 0 atom stereocenters. The van der Waals surface area contributed by atoms with Crippen molar-refractivity contribution in [1.82, 2.24) is 15.3 Å². The first-order valence-electron chi connectivity index (χ1n) is 6.90. The Hall–Kier alpha value is -1.94. The minimum Gasteiger partial charge on any atom is -0.508 e. The highest BCUT2D eigenvalue weighted by molar-refractivity contribution is 5.57. The van der Waals surface area contributed by atoms with Crippen LogP contribution in [0.1, 0.15) is 23.4 Å². The fourth-order valence-electron chi connectivity index (χ4n) is 2.28. The Morgan fingerprint density at radius 3 is 2.20 bits per heavy atom. The average Bonchev–Trinajstić information content (AvgIpc) is 2.42. The molecule has 2 N–H and O–H groups in total. The fraction of sp³-hybridized carbons (Fsp3) is 0.375. The highest BCUT2D eigenvalue weighted by Crippen LogP contribution is 2.21. The van der Waals surface area contributed by atoms with Crippen molar-refractivity contribution in [3.63, 3.8) is 0 Å². The number of nitrogens with zero attached hydrogens (tertiary/aromatic N) is 2. The minimum atomic E-state index is 0.255. The summed E-state index contributed by atoms with van der Waals surface area (Å²) in [6, 6.07) is 6.99. The van der Waals surface area contributed by atoms with Crippen LogP contribution in [-0.2, 0) is 6.42 Å². The molecule has 0 aliphatic rings. The van der Waals surface area contributed by atoms with E-state index in [0.29, 0.717) is 0 Å². The van der Waals surface area contributed by atoms with Crippen LogP contribution in [0.5, 0.6) is 5.75 Å². The Kier molecular flexibility index (Phi) is 4.69. The van der Waals surface area contributed by atoms with Gasteiger partial charge in [0.1, 0.15) is 5.75 Å². The molecule has 2 rings (SSSR count). The van der Waals surface area contributed by atoms with Gasteiger partial charge in [0, 0.05) is 17.0 Å². The van der Waals surface area contributed by atoms with E-state index in [1.54, 1.807) is 12.1 Å². The van der Waals surface area contributed by atoms with Crippen molar-refractivity contribution in [3.05, 3.63) is 41.2 Å². The topological polar surface area (TPSA) is 58.0 Å². The largest absolute Gasteiger partial charge is 0.508 e. The maximum atomic E-state index is 9.33. The summed E-state index contributed by atoms with van der Waals surface area (Å²) in [7, 11) is 1.96. The van der Waals surface area contributed by atoms with Crippen molar-refractivity contribution in [3.8, 4) is 17.1 Å². The smallest absolute Gasteiger partial charge is 0.159 e. The predicted octanol–water partition coefficient (Wildman–Crippen LogP) is 2.62. The van der Waals surface area contributed by atoms with E-state index in [-0.39, 0.29) is 5.75 Å². The Morgan fingerprint density at radius 1 is 1.05 bits per heavy atom. The van der Waals surface area contributed by atoms with E-state index in [4.69, 9.17) is 0 Å². The Balaban J connectivity index is 2.27. The van der Waals surface area contributed by atoms with Crippen molar-refractivity contribution in [2.24, 2.45) is 0 Å². The van der Waals surface area contributed by atoms with Crippen molar-refractivity contribution in [2.45, 2.75) is 26.7 Å². The number of hydrogen-bond acceptors (Lipinski definition) is 4. The average molecular weight is 271 g/mol. The van der Waals surface area contributed by atoms with E-state index in [9.17, 15) is 5.11 Å². The Morgan fingerprint density at radius 2 is 1.65 bits per heavy atom. The Bertz CT molecular complexity index is 556. The number of benzene rings is 1. The second-order valence-corrected chi connectivity index (χ2v) is 4.95. The van der Waals surface area contributed by atoms with Gasteiger partial charge in [-0.25, -0.2) is 9.97 Å². The molecule has 20 heavy (non-hydrogen) atoms. The van der Waals surface area contributed by atoms with Gasteiger partial charge in [-0.05, 0) is 70.1 Å². The second kappa shape index (κ2) is 6.48. The summed E-state index contributed by atoms with van der Waals surface area (Å²) in [4.78, 5) is 9.20. The van der Waals surface area contributed by atoms with Crippen LogP contribution in [-0.4, -0.2) is 28.7 Å². The maximum absolute atomic E-state index is 9.33. The molecule has 4 heteroatoms. The summed E-state index contributed by atoms with van der Waals surface area (Å²) in [6.07, 6.45) is 2.08. The summed E-state index contributed by atoms with van der Waals surface area (Å²) in [5, 5.41) is 12.5. The number of nitrogens with one attached hydrogen (secondary N) is 1. The third-order valence-electron chi connectivity index (χ3n) is 3.40. The maximum Gasteiger partial charge on any atom is 0.159 e. The molecule has 0 bridgehead atoms. The van der Waals surface area contributed by atoms with Gasteiger partial charge in [0.05, 0.1) is 0 Å². The predicted molar refractivity (Wildman–Crippen MR) is 80.9 cm³/mol. The third-order valence-corrected chi connectivity index (χ3v) is 3.40. The molecule has 4 nitrogen and oxygen atoms in total. The highest BCUT2D eigenvalue weighted by atomic mass is 16.3. The van der Waals surface area contributed by atoms with Gasteiger partial charge in [0.2, 0.25) is 0 Å². The van der Waals surface area contributed by atoms with Gasteiger partial charge in [-0.3, -0.25) is 0 Å². The molecule has 2 aromatic rings. The van der Waals surface area contributed by atoms with Crippen LogP contribution < -0.4 is 5.32 Å². The summed E-state index contributed by atoms with van der Waals surface area (Å²) in [5.41, 5.74) is 4.24. The van der Waals surface area contributed by atoms with E-state index in [2.05, 4.69) is 15.3 Å². The quantitative estimate of drug-likeness (QED) is 0.821. The van der Waals surface area contributed by atoms with Gasteiger partial charge in [0.25, 0.3) is 0 Å². The van der Waals surface area contributed by atoms with Crippen LogP contribution in [0.25, 0.3) is 11.4 Å². The molecule has 0 saturated carbocycles. The molecule has 0 aliphatic carbocycles. The molecule has 1 heterocycles. The van der Waals surface area contributed by atoms with E-state index in [1.165, 1.54) is 5.56 Å². The van der Waals surface area contributed by atoms with E-state index < -0.39 is 0 Å². The monoisotopic (exact) mass is 271 g/mol. The lowest BCUT2D eigenvalue weighted by molar-refractivity contribution is 0.475. The molecule has 1 aromatic heterocycles. The van der Waals surface area contributed by atoms with Crippen LogP contribution in [0.4, 0.5) is 0 Å². The lowest BCUT2D eigenvalue weighted by atomic mass is 10.1. The number of hydrogen-bond donors (Lipinski definition) is 2. The minimum absolute atomic E-state index is 0.255. The van der Waals surface area contributed by atoms with E-state index in [1.807, 2.05) is 33.0 Å². The van der Waals surface area contributed by atoms with E-state index >= 15 is 0 Å². The summed E-state index contributed by atoms with van der Waals surface area (Å²) >= 11 is 0. The van der Waals surface area contributed by atoms with Gasteiger partial charge in [-0.2, -0.15) is 0 Å². The van der Waals surface area contributed by atoms with Gasteiger partial charge in [-0.1, -0.05) is 0 Å². The van der Waals surface area contributed by atoms with Crippen LogP contribution in [0, 0.1) is 13.8 Å². The molecule has 106 valence electrons. The van der Waals surface area contributed by atoms with Crippen LogP contribution in [0.15, 0.2) is 24.3 Å². The Labute approximate surface area is 119 Å². The number of rotatable bonds is 5. The third kappa shape index (κ3) is 3.33. The molecular formula is C16H21N3O. The van der Waals surface area contributed by atoms with Crippen molar-refractivity contribution in [1.29, 1.82) is 0 Å². The number of phenols is 1. The lowest BCUT2D eigenvalue weighted by Gasteiger charge is -2.11. The zero-order valence-corrected chi connectivity index (χ0v) is 12.3. The molecule has 1 aromatic carbocycles. The summed E-state index contributed by atoms with van der Waals surface area (Å²) < 4.78 is 0. The molecule has 0 amide bonds. The zero-order valence-electron chi connectivity index (χ0n) is 12.3. The number of aromatic hydroxyl groups is 1. The SMILES string of the molecule is CNCCCc1c(C)nc(-c2ccc(O)cc2)nc1C. The van der Waals surface area contributed by atoms with Crippen LogP contribution in [0.3, 0.4) is 0 Å². The molecule has 0 unspecified atom stereocenters. The molecular weight excluding hydrogens is 250 g/mol. The lowest BCUT2D eigenvalue weighted by Crippen LogP contribution is -2.10. The molecule has 0 aliphatic heterocycles. The molecule has 0 saturated heterocycles.